The number of hydrogen-bond donors (Lipinski definition) is 1. The average molecular weight is 422 g/mol. The van der Waals surface area contributed by atoms with E-state index in [2.05, 4.69) is 25.3 Å². The monoisotopic (exact) mass is 421 g/mol. The fourth-order valence-corrected chi connectivity index (χ4v) is 3.70. The number of aromatic nitrogens is 3. The smallest absolute Gasteiger partial charge is 0.289 e. The van der Waals surface area contributed by atoms with Gasteiger partial charge in [-0.1, -0.05) is 6.07 Å². The second-order valence-electron chi connectivity index (χ2n) is 7.52. The van der Waals surface area contributed by atoms with Crippen LogP contribution in [0.1, 0.15) is 27.5 Å². The lowest BCUT2D eigenvalue weighted by molar-refractivity contribution is 0.0657. The van der Waals surface area contributed by atoms with E-state index in [-0.39, 0.29) is 5.91 Å². The summed E-state index contributed by atoms with van der Waals surface area (Å²) in [5.74, 6) is 1.93. The van der Waals surface area contributed by atoms with Crippen LogP contribution in [0, 0.1) is 13.8 Å². The third kappa shape index (κ3) is 4.60. The lowest BCUT2D eigenvalue weighted by atomic mass is 10.2. The normalized spacial score (nSPS) is 14.7. The third-order valence-electron chi connectivity index (χ3n) is 5.30. The van der Waals surface area contributed by atoms with Gasteiger partial charge in [0, 0.05) is 51.7 Å². The Labute approximate surface area is 181 Å². The Bertz CT molecular complexity index is 1050. The van der Waals surface area contributed by atoms with E-state index >= 15 is 0 Å². The first-order valence-corrected chi connectivity index (χ1v) is 10.3. The zero-order chi connectivity index (χ0) is 21.8. The molecule has 0 bridgehead atoms. The lowest BCUT2D eigenvalue weighted by Gasteiger charge is -2.36. The minimum Gasteiger partial charge on any atom is -0.459 e. The van der Waals surface area contributed by atoms with Crippen LogP contribution in [0.2, 0.25) is 0 Å². The molecule has 3 aromatic rings. The Hall–Kier alpha value is -3.62. The van der Waals surface area contributed by atoms with E-state index < -0.39 is 0 Å². The van der Waals surface area contributed by atoms with Gasteiger partial charge in [-0.05, 0) is 43.7 Å². The molecule has 1 fully saturated rings. The topological polar surface area (TPSA) is 91.8 Å². The van der Waals surface area contributed by atoms with Gasteiger partial charge in [0.2, 0.25) is 0 Å². The Morgan fingerprint density at radius 3 is 2.52 bits per heavy atom. The SMILES string of the molecule is CN=C(NCc1ccc(-n2nc(C)cc2C)nc1)N1CCN(C(=O)c2ccco2)CC1. The standard InChI is InChI=1S/C22H27N7O2/c1-16-13-17(2)29(26-16)20-7-6-18(14-24-20)15-25-22(23-3)28-10-8-27(9-11-28)21(30)19-5-4-12-31-19/h4-7,12-14H,8-11,15H2,1-3H3,(H,23,25). The van der Waals surface area contributed by atoms with Crippen LogP contribution in [0.3, 0.4) is 0 Å². The van der Waals surface area contributed by atoms with Crippen molar-refractivity contribution in [2.24, 2.45) is 4.99 Å². The van der Waals surface area contributed by atoms with Crippen molar-refractivity contribution in [3.8, 4) is 5.82 Å². The van der Waals surface area contributed by atoms with Crippen LogP contribution in [-0.4, -0.2) is 69.7 Å². The number of guanidine groups is 1. The number of pyridine rings is 1. The summed E-state index contributed by atoms with van der Waals surface area (Å²) >= 11 is 0. The molecule has 0 spiro atoms. The predicted octanol–water partition coefficient (Wildman–Crippen LogP) is 2.01. The van der Waals surface area contributed by atoms with Gasteiger partial charge in [0.1, 0.15) is 0 Å². The molecule has 0 unspecified atom stereocenters. The number of piperazine rings is 1. The summed E-state index contributed by atoms with van der Waals surface area (Å²) in [6.45, 7) is 7.27. The van der Waals surface area contributed by atoms with Crippen molar-refractivity contribution in [2.75, 3.05) is 33.2 Å². The Kier molecular flexibility index (Phi) is 6.01. The maximum Gasteiger partial charge on any atom is 0.289 e. The summed E-state index contributed by atoms with van der Waals surface area (Å²) in [6, 6.07) is 9.47. The number of amides is 1. The molecule has 9 heteroatoms. The molecular weight excluding hydrogens is 394 g/mol. The average Bonchev–Trinajstić information content (AvgIpc) is 3.44. The summed E-state index contributed by atoms with van der Waals surface area (Å²) in [5.41, 5.74) is 3.08. The van der Waals surface area contributed by atoms with Crippen LogP contribution in [-0.2, 0) is 6.54 Å². The fraction of sp³-hybridized carbons (Fsp3) is 0.364. The number of hydrogen-bond acceptors (Lipinski definition) is 5. The summed E-state index contributed by atoms with van der Waals surface area (Å²) in [4.78, 5) is 25.3. The van der Waals surface area contributed by atoms with Gasteiger partial charge in [-0.25, -0.2) is 9.67 Å². The number of carbonyl (C=O) groups is 1. The zero-order valence-corrected chi connectivity index (χ0v) is 18.1. The van der Waals surface area contributed by atoms with Crippen molar-refractivity contribution < 1.29 is 9.21 Å². The molecule has 0 radical (unpaired) electrons. The van der Waals surface area contributed by atoms with Crippen LogP contribution in [0.5, 0.6) is 0 Å². The molecule has 0 saturated carbocycles. The van der Waals surface area contributed by atoms with Crippen LogP contribution in [0.4, 0.5) is 0 Å². The number of nitrogens with zero attached hydrogens (tertiary/aromatic N) is 6. The van der Waals surface area contributed by atoms with Crippen LogP contribution in [0.15, 0.2) is 52.2 Å². The molecule has 3 aromatic heterocycles. The van der Waals surface area contributed by atoms with E-state index in [4.69, 9.17) is 4.42 Å². The Morgan fingerprint density at radius 1 is 1.16 bits per heavy atom. The summed E-state index contributed by atoms with van der Waals surface area (Å²) in [7, 11) is 1.77. The minimum atomic E-state index is -0.0682. The molecule has 9 nitrogen and oxygen atoms in total. The number of nitrogens with one attached hydrogen (secondary N) is 1. The van der Waals surface area contributed by atoms with Crippen LogP contribution >= 0.6 is 0 Å². The second kappa shape index (κ2) is 9.03. The molecule has 4 heterocycles. The summed E-state index contributed by atoms with van der Waals surface area (Å²) in [5, 5.41) is 7.87. The molecule has 0 aromatic carbocycles. The third-order valence-corrected chi connectivity index (χ3v) is 5.30. The molecule has 1 N–H and O–H groups in total. The second-order valence-corrected chi connectivity index (χ2v) is 7.52. The number of aryl methyl sites for hydroxylation is 2. The van der Waals surface area contributed by atoms with E-state index in [9.17, 15) is 4.79 Å². The first kappa shape index (κ1) is 20.6. The summed E-state index contributed by atoms with van der Waals surface area (Å²) < 4.78 is 7.07. The number of carbonyl (C=O) groups excluding carboxylic acids is 1. The van der Waals surface area contributed by atoms with E-state index in [1.165, 1.54) is 6.26 Å². The molecule has 1 saturated heterocycles. The molecule has 162 valence electrons. The quantitative estimate of drug-likeness (QED) is 0.512. The van der Waals surface area contributed by atoms with Crippen molar-refractivity contribution in [2.45, 2.75) is 20.4 Å². The van der Waals surface area contributed by atoms with E-state index in [0.29, 0.717) is 38.5 Å². The first-order valence-electron chi connectivity index (χ1n) is 10.3. The van der Waals surface area contributed by atoms with Gasteiger partial charge in [-0.3, -0.25) is 9.79 Å². The molecule has 1 aliphatic heterocycles. The van der Waals surface area contributed by atoms with Crippen molar-refractivity contribution >= 4 is 11.9 Å². The van der Waals surface area contributed by atoms with Gasteiger partial charge in [0.15, 0.2) is 17.5 Å². The number of furan rings is 1. The lowest BCUT2D eigenvalue weighted by Crippen LogP contribution is -2.53. The van der Waals surface area contributed by atoms with Gasteiger partial charge < -0.3 is 19.5 Å². The van der Waals surface area contributed by atoms with Crippen molar-refractivity contribution in [1.82, 2.24) is 29.9 Å². The molecule has 0 atom stereocenters. The van der Waals surface area contributed by atoms with Crippen molar-refractivity contribution in [3.05, 3.63) is 65.5 Å². The van der Waals surface area contributed by atoms with E-state index in [0.717, 1.165) is 28.7 Å². The van der Waals surface area contributed by atoms with Crippen molar-refractivity contribution in [1.29, 1.82) is 0 Å². The molecule has 1 amide bonds. The fourth-order valence-electron chi connectivity index (χ4n) is 3.70. The molecular formula is C22H27N7O2. The predicted molar refractivity (Wildman–Crippen MR) is 117 cm³/mol. The maximum atomic E-state index is 12.4. The van der Waals surface area contributed by atoms with Gasteiger partial charge in [0.05, 0.1) is 12.0 Å². The first-order chi connectivity index (χ1) is 15.0. The largest absolute Gasteiger partial charge is 0.459 e. The molecule has 0 aliphatic carbocycles. The molecule has 4 rings (SSSR count). The van der Waals surface area contributed by atoms with Gasteiger partial charge >= 0.3 is 0 Å². The van der Waals surface area contributed by atoms with E-state index in [1.807, 2.05) is 47.8 Å². The molecule has 31 heavy (non-hydrogen) atoms. The number of rotatable bonds is 4. The Morgan fingerprint density at radius 2 is 1.94 bits per heavy atom. The van der Waals surface area contributed by atoms with Gasteiger partial charge in [0.25, 0.3) is 5.91 Å². The van der Waals surface area contributed by atoms with Gasteiger partial charge in [-0.15, -0.1) is 0 Å². The summed E-state index contributed by atoms with van der Waals surface area (Å²) in [6.07, 6.45) is 3.37. The van der Waals surface area contributed by atoms with Crippen LogP contribution < -0.4 is 5.32 Å². The molecule has 1 aliphatic rings. The minimum absolute atomic E-state index is 0.0682. The zero-order valence-electron chi connectivity index (χ0n) is 18.1. The van der Waals surface area contributed by atoms with Crippen LogP contribution in [0.25, 0.3) is 5.82 Å². The highest BCUT2D eigenvalue weighted by atomic mass is 16.3. The van der Waals surface area contributed by atoms with Crippen molar-refractivity contribution in [3.63, 3.8) is 0 Å². The maximum absolute atomic E-state index is 12.4. The Balaban J connectivity index is 1.31. The highest BCUT2D eigenvalue weighted by molar-refractivity contribution is 5.91. The highest BCUT2D eigenvalue weighted by Crippen LogP contribution is 2.12. The van der Waals surface area contributed by atoms with E-state index in [1.54, 1.807) is 19.2 Å². The highest BCUT2D eigenvalue weighted by Gasteiger charge is 2.25. The van der Waals surface area contributed by atoms with Gasteiger partial charge in [-0.2, -0.15) is 5.10 Å². The number of aliphatic imine (C=N–C) groups is 1.